The summed E-state index contributed by atoms with van der Waals surface area (Å²) in [5.74, 6) is -1.29. The van der Waals surface area contributed by atoms with Crippen LogP contribution in [-0.2, 0) is 9.59 Å². The third-order valence-electron chi connectivity index (χ3n) is 4.63. The fourth-order valence-electron chi connectivity index (χ4n) is 3.47. The van der Waals surface area contributed by atoms with E-state index in [0.717, 1.165) is 11.3 Å². The molecule has 6 heteroatoms. The predicted molar refractivity (Wildman–Crippen MR) is 107 cm³/mol. The average Bonchev–Trinajstić information content (AvgIpc) is 3.14. The Morgan fingerprint density at radius 3 is 2.54 bits per heavy atom. The maximum absolute atomic E-state index is 13.5. The van der Waals surface area contributed by atoms with Crippen LogP contribution in [0.25, 0.3) is 11.1 Å². The van der Waals surface area contributed by atoms with Crippen molar-refractivity contribution < 1.29 is 14.0 Å². The SMILES string of the molecule is Cc1cc(C)c(C(C(=O)Nc2cccc(F)c2)=C2C(=O)Nc3ccccc32)[nH]1. The molecule has 0 spiro atoms. The number of carbonyl (C=O) groups excluding carboxylic acids is 2. The number of aromatic amines is 1. The van der Waals surface area contributed by atoms with Gasteiger partial charge in [0.25, 0.3) is 11.8 Å². The molecule has 0 aliphatic carbocycles. The molecule has 4 rings (SSSR count). The third kappa shape index (κ3) is 3.09. The first-order valence-corrected chi connectivity index (χ1v) is 8.82. The van der Waals surface area contributed by atoms with E-state index in [2.05, 4.69) is 15.6 Å². The Kier molecular flexibility index (Phi) is 4.31. The van der Waals surface area contributed by atoms with Crippen molar-refractivity contribution in [3.63, 3.8) is 0 Å². The number of benzene rings is 2. The number of H-pyrrole nitrogens is 1. The topological polar surface area (TPSA) is 74.0 Å². The summed E-state index contributed by atoms with van der Waals surface area (Å²) in [5, 5.41) is 5.51. The van der Waals surface area contributed by atoms with Crippen molar-refractivity contribution in [1.82, 2.24) is 4.98 Å². The van der Waals surface area contributed by atoms with Crippen LogP contribution in [0.1, 0.15) is 22.5 Å². The van der Waals surface area contributed by atoms with Gasteiger partial charge in [0.05, 0.1) is 16.8 Å². The highest BCUT2D eigenvalue weighted by Crippen LogP contribution is 2.38. The van der Waals surface area contributed by atoms with Crippen LogP contribution >= 0.6 is 0 Å². The zero-order valence-electron chi connectivity index (χ0n) is 15.4. The number of hydrogen-bond donors (Lipinski definition) is 3. The van der Waals surface area contributed by atoms with Gasteiger partial charge in [-0.3, -0.25) is 9.59 Å². The van der Waals surface area contributed by atoms with Crippen LogP contribution in [0.15, 0.2) is 54.6 Å². The van der Waals surface area contributed by atoms with Crippen molar-refractivity contribution in [1.29, 1.82) is 0 Å². The van der Waals surface area contributed by atoms with Crippen LogP contribution in [0.2, 0.25) is 0 Å². The number of aryl methyl sites for hydroxylation is 2. The number of nitrogens with one attached hydrogen (secondary N) is 3. The highest BCUT2D eigenvalue weighted by Gasteiger charge is 2.32. The molecule has 0 unspecified atom stereocenters. The van der Waals surface area contributed by atoms with E-state index in [1.54, 1.807) is 18.2 Å². The molecule has 3 N–H and O–H groups in total. The molecule has 0 radical (unpaired) electrons. The lowest BCUT2D eigenvalue weighted by Crippen LogP contribution is -2.18. The Hall–Kier alpha value is -3.67. The van der Waals surface area contributed by atoms with Gasteiger partial charge < -0.3 is 15.6 Å². The van der Waals surface area contributed by atoms with Gasteiger partial charge in [-0.15, -0.1) is 0 Å². The first-order valence-electron chi connectivity index (χ1n) is 8.82. The number of halogens is 1. The van der Waals surface area contributed by atoms with E-state index in [9.17, 15) is 14.0 Å². The summed E-state index contributed by atoms with van der Waals surface area (Å²) in [7, 11) is 0. The van der Waals surface area contributed by atoms with Gasteiger partial charge in [0.1, 0.15) is 5.82 Å². The Morgan fingerprint density at radius 2 is 1.82 bits per heavy atom. The van der Waals surface area contributed by atoms with Gasteiger partial charge >= 0.3 is 0 Å². The van der Waals surface area contributed by atoms with Crippen molar-refractivity contribution in [3.05, 3.63) is 82.9 Å². The van der Waals surface area contributed by atoms with E-state index in [-0.39, 0.29) is 17.1 Å². The van der Waals surface area contributed by atoms with Gasteiger partial charge in [-0.1, -0.05) is 24.3 Å². The average molecular weight is 375 g/mol. The summed E-state index contributed by atoms with van der Waals surface area (Å²) in [6.07, 6.45) is 0. The standard InChI is InChI=1S/C22H18FN3O2/c1-12-10-13(2)24-20(12)19(22(28)25-15-7-5-6-14(23)11-15)18-16-8-3-4-9-17(16)26-21(18)27/h3-11,24H,1-2H3,(H,25,28)(H,26,27). The second-order valence-electron chi connectivity index (χ2n) is 6.72. The Morgan fingerprint density at radius 1 is 1.04 bits per heavy atom. The van der Waals surface area contributed by atoms with Gasteiger partial charge in [-0.05, 0) is 49.7 Å². The fourth-order valence-corrected chi connectivity index (χ4v) is 3.47. The molecule has 28 heavy (non-hydrogen) atoms. The van der Waals surface area contributed by atoms with E-state index < -0.39 is 11.7 Å². The minimum atomic E-state index is -0.489. The molecule has 0 atom stereocenters. The van der Waals surface area contributed by atoms with E-state index in [0.29, 0.717) is 22.6 Å². The normalized spacial score (nSPS) is 14.5. The van der Waals surface area contributed by atoms with Crippen molar-refractivity contribution in [3.8, 4) is 0 Å². The molecule has 1 aliphatic heterocycles. The van der Waals surface area contributed by atoms with Crippen molar-refractivity contribution >= 4 is 34.3 Å². The summed E-state index contributed by atoms with van der Waals surface area (Å²) >= 11 is 0. The lowest BCUT2D eigenvalue weighted by atomic mass is 9.96. The highest BCUT2D eigenvalue weighted by molar-refractivity contribution is 6.46. The molecular formula is C22H18FN3O2. The maximum Gasteiger partial charge on any atom is 0.258 e. The van der Waals surface area contributed by atoms with Crippen LogP contribution in [0, 0.1) is 19.7 Å². The minimum absolute atomic E-state index is 0.220. The molecule has 2 amide bonds. The second kappa shape index (κ2) is 6.81. The Labute approximate surface area is 161 Å². The summed E-state index contributed by atoms with van der Waals surface area (Å²) in [5.41, 5.74) is 4.40. The van der Waals surface area contributed by atoms with E-state index >= 15 is 0 Å². The quantitative estimate of drug-likeness (QED) is 0.598. The maximum atomic E-state index is 13.5. The number of rotatable bonds is 3. The molecule has 2 heterocycles. The summed E-state index contributed by atoms with van der Waals surface area (Å²) in [4.78, 5) is 29.2. The Bertz CT molecular complexity index is 1140. The number of amides is 2. The monoisotopic (exact) mass is 375 g/mol. The minimum Gasteiger partial charge on any atom is -0.358 e. The van der Waals surface area contributed by atoms with Crippen LogP contribution in [0.3, 0.4) is 0 Å². The lowest BCUT2D eigenvalue weighted by Gasteiger charge is -2.12. The zero-order chi connectivity index (χ0) is 19.8. The number of para-hydroxylation sites is 1. The molecule has 0 bridgehead atoms. The van der Waals surface area contributed by atoms with E-state index in [4.69, 9.17) is 0 Å². The van der Waals surface area contributed by atoms with Crippen LogP contribution in [-0.4, -0.2) is 16.8 Å². The van der Waals surface area contributed by atoms with Gasteiger partial charge in [-0.25, -0.2) is 4.39 Å². The van der Waals surface area contributed by atoms with Crippen LogP contribution < -0.4 is 10.6 Å². The van der Waals surface area contributed by atoms with Gasteiger partial charge in [0, 0.05) is 22.6 Å². The van der Waals surface area contributed by atoms with Crippen molar-refractivity contribution in [2.75, 3.05) is 10.6 Å². The van der Waals surface area contributed by atoms with E-state index in [1.165, 1.54) is 18.2 Å². The lowest BCUT2D eigenvalue weighted by molar-refractivity contribution is -0.112. The second-order valence-corrected chi connectivity index (χ2v) is 6.72. The predicted octanol–water partition coefficient (Wildman–Crippen LogP) is 4.27. The molecule has 0 saturated carbocycles. The van der Waals surface area contributed by atoms with Gasteiger partial charge in [0.15, 0.2) is 0 Å². The smallest absolute Gasteiger partial charge is 0.258 e. The summed E-state index contributed by atoms with van der Waals surface area (Å²) in [6, 6.07) is 14.8. The highest BCUT2D eigenvalue weighted by atomic mass is 19.1. The summed E-state index contributed by atoms with van der Waals surface area (Å²) < 4.78 is 13.5. The number of hydrogen-bond acceptors (Lipinski definition) is 2. The van der Waals surface area contributed by atoms with Crippen LogP contribution in [0.4, 0.5) is 15.8 Å². The summed E-state index contributed by atoms with van der Waals surface area (Å²) in [6.45, 7) is 3.75. The molecule has 5 nitrogen and oxygen atoms in total. The number of fused-ring (bicyclic) bond motifs is 1. The molecule has 1 aliphatic rings. The van der Waals surface area contributed by atoms with Crippen molar-refractivity contribution in [2.45, 2.75) is 13.8 Å². The first-order chi connectivity index (χ1) is 13.4. The largest absolute Gasteiger partial charge is 0.358 e. The number of aromatic nitrogens is 1. The first kappa shape index (κ1) is 17.7. The fraction of sp³-hybridized carbons (Fsp3) is 0.0909. The molecule has 2 aromatic carbocycles. The zero-order valence-corrected chi connectivity index (χ0v) is 15.4. The van der Waals surface area contributed by atoms with E-state index in [1.807, 2.05) is 32.0 Å². The van der Waals surface area contributed by atoms with Gasteiger partial charge in [-0.2, -0.15) is 0 Å². The molecule has 0 fully saturated rings. The van der Waals surface area contributed by atoms with Gasteiger partial charge in [0.2, 0.25) is 0 Å². The molecule has 140 valence electrons. The molecule has 1 aromatic heterocycles. The Balaban J connectivity index is 1.90. The molecular weight excluding hydrogens is 357 g/mol. The third-order valence-corrected chi connectivity index (χ3v) is 4.63. The number of anilines is 2. The number of carbonyl (C=O) groups is 2. The van der Waals surface area contributed by atoms with Crippen LogP contribution in [0.5, 0.6) is 0 Å². The molecule has 3 aromatic rings. The molecule has 0 saturated heterocycles. The van der Waals surface area contributed by atoms with Crippen molar-refractivity contribution in [2.24, 2.45) is 0 Å².